The molecule has 0 fully saturated rings. The van der Waals surface area contributed by atoms with Crippen LogP contribution in [0, 0.1) is 0 Å². The molecule has 0 spiro atoms. The Bertz CT molecular complexity index is 2820. The normalized spacial score (nSPS) is 12.7. The predicted molar refractivity (Wildman–Crippen MR) is 230 cm³/mol. The molecule has 1 heterocycles. The van der Waals surface area contributed by atoms with Gasteiger partial charge in [-0.3, -0.25) is 0 Å². The van der Waals surface area contributed by atoms with Gasteiger partial charge in [-0.1, -0.05) is 178 Å². The predicted octanol–water partition coefficient (Wildman–Crippen LogP) is 13.9. The van der Waals surface area contributed by atoms with Gasteiger partial charge in [0.25, 0.3) is 0 Å². The van der Waals surface area contributed by atoms with Crippen LogP contribution in [-0.2, 0) is 5.41 Å². The number of fused-ring (bicyclic) bond motifs is 5. The number of hydrogen-bond acceptors (Lipinski definition) is 2. The second kappa shape index (κ2) is 13.2. The van der Waals surface area contributed by atoms with Crippen LogP contribution >= 0.6 is 0 Å². The van der Waals surface area contributed by atoms with Crippen molar-refractivity contribution in [2.24, 2.45) is 0 Å². The molecule has 0 atom stereocenters. The zero-order valence-corrected chi connectivity index (χ0v) is 30.9. The molecule has 1 aliphatic carbocycles. The van der Waals surface area contributed by atoms with Crippen molar-refractivity contribution in [1.29, 1.82) is 0 Å². The van der Waals surface area contributed by atoms with Gasteiger partial charge in [0.05, 0.1) is 11.2 Å². The van der Waals surface area contributed by atoms with Crippen LogP contribution in [-0.4, -0.2) is 9.97 Å². The van der Waals surface area contributed by atoms with Crippen LogP contribution in [0.4, 0.5) is 0 Å². The molecular weight excluding hydrogens is 665 g/mol. The third kappa shape index (κ3) is 5.75. The van der Waals surface area contributed by atoms with Crippen molar-refractivity contribution >= 4 is 10.9 Å². The summed E-state index contributed by atoms with van der Waals surface area (Å²) in [5.41, 5.74) is 18.4. The quantitative estimate of drug-likeness (QED) is 0.172. The van der Waals surface area contributed by atoms with Crippen LogP contribution in [0.15, 0.2) is 194 Å². The Balaban J connectivity index is 1.11. The molecule has 0 bridgehead atoms. The summed E-state index contributed by atoms with van der Waals surface area (Å²) in [7, 11) is 0. The lowest BCUT2D eigenvalue weighted by Gasteiger charge is -2.21. The van der Waals surface area contributed by atoms with Crippen molar-refractivity contribution in [3.63, 3.8) is 0 Å². The molecule has 1 aliphatic rings. The lowest BCUT2D eigenvalue weighted by atomic mass is 9.82. The number of benzene rings is 8. The van der Waals surface area contributed by atoms with E-state index in [1.54, 1.807) is 0 Å². The highest BCUT2D eigenvalue weighted by molar-refractivity contribution is 6.05. The SMILES string of the molecule is CC1(C)c2ccccc2-c2c1ccc1c(-c3ccccc3)nc(-c3cccc(-c4cccc(-c5cc(-c6ccccc6)cc(-c6ccccc6)c5)c4)c3)nc21. The number of aromatic nitrogens is 2. The Morgan fingerprint density at radius 1 is 0.345 bits per heavy atom. The first kappa shape index (κ1) is 32.7. The van der Waals surface area contributed by atoms with E-state index in [1.807, 2.05) is 0 Å². The van der Waals surface area contributed by atoms with E-state index in [1.165, 1.54) is 55.6 Å². The molecule has 9 aromatic rings. The van der Waals surface area contributed by atoms with Crippen molar-refractivity contribution < 1.29 is 0 Å². The highest BCUT2D eigenvalue weighted by Crippen LogP contribution is 2.51. The van der Waals surface area contributed by atoms with Gasteiger partial charge in [0, 0.05) is 27.5 Å². The minimum absolute atomic E-state index is 0.119. The first-order valence-corrected chi connectivity index (χ1v) is 19.0. The van der Waals surface area contributed by atoms with Gasteiger partial charge >= 0.3 is 0 Å². The average Bonchev–Trinajstić information content (AvgIpc) is 3.50. The maximum Gasteiger partial charge on any atom is 0.160 e. The summed E-state index contributed by atoms with van der Waals surface area (Å²) in [6, 6.07) is 69.6. The monoisotopic (exact) mass is 702 g/mol. The molecule has 2 heteroatoms. The number of rotatable bonds is 6. The van der Waals surface area contributed by atoms with Crippen LogP contribution in [0.25, 0.3) is 89.2 Å². The topological polar surface area (TPSA) is 25.8 Å². The molecule has 0 unspecified atom stereocenters. The third-order valence-electron chi connectivity index (χ3n) is 11.3. The molecule has 0 saturated carbocycles. The largest absolute Gasteiger partial charge is 0.227 e. The van der Waals surface area contributed by atoms with Crippen LogP contribution in [0.1, 0.15) is 25.0 Å². The van der Waals surface area contributed by atoms with Crippen molar-refractivity contribution in [3.8, 4) is 78.3 Å². The molecule has 2 nitrogen and oxygen atoms in total. The van der Waals surface area contributed by atoms with E-state index in [2.05, 4.69) is 208 Å². The fraction of sp³-hybridized carbons (Fsp3) is 0.0566. The summed E-state index contributed by atoms with van der Waals surface area (Å²) in [6.07, 6.45) is 0. The smallest absolute Gasteiger partial charge is 0.160 e. The lowest BCUT2D eigenvalue weighted by molar-refractivity contribution is 0.661. The lowest BCUT2D eigenvalue weighted by Crippen LogP contribution is -2.14. The van der Waals surface area contributed by atoms with Crippen molar-refractivity contribution in [2.45, 2.75) is 19.3 Å². The van der Waals surface area contributed by atoms with Gasteiger partial charge in [-0.15, -0.1) is 0 Å². The van der Waals surface area contributed by atoms with E-state index in [4.69, 9.17) is 9.97 Å². The molecule has 0 aliphatic heterocycles. The minimum atomic E-state index is -0.119. The molecule has 55 heavy (non-hydrogen) atoms. The second-order valence-corrected chi connectivity index (χ2v) is 15.0. The molecule has 0 N–H and O–H groups in total. The van der Waals surface area contributed by atoms with Gasteiger partial charge in [0.2, 0.25) is 0 Å². The van der Waals surface area contributed by atoms with Gasteiger partial charge < -0.3 is 0 Å². The number of hydrogen-bond donors (Lipinski definition) is 0. The van der Waals surface area contributed by atoms with E-state index in [-0.39, 0.29) is 5.41 Å². The Kier molecular flexibility index (Phi) is 7.85. The molecule has 0 amide bonds. The van der Waals surface area contributed by atoms with E-state index in [0.29, 0.717) is 0 Å². The maximum atomic E-state index is 5.43. The van der Waals surface area contributed by atoms with Crippen LogP contribution in [0.3, 0.4) is 0 Å². The summed E-state index contributed by atoms with van der Waals surface area (Å²) < 4.78 is 0. The van der Waals surface area contributed by atoms with Gasteiger partial charge in [0.15, 0.2) is 5.82 Å². The molecule has 0 saturated heterocycles. The molecular formula is C53H38N2. The zero-order valence-electron chi connectivity index (χ0n) is 30.9. The highest BCUT2D eigenvalue weighted by Gasteiger charge is 2.37. The number of nitrogens with zero attached hydrogens (tertiary/aromatic N) is 2. The fourth-order valence-electron chi connectivity index (χ4n) is 8.43. The van der Waals surface area contributed by atoms with E-state index in [0.717, 1.165) is 44.7 Å². The summed E-state index contributed by atoms with van der Waals surface area (Å²) in [4.78, 5) is 10.8. The molecule has 10 rings (SSSR count). The second-order valence-electron chi connectivity index (χ2n) is 15.0. The van der Waals surface area contributed by atoms with E-state index >= 15 is 0 Å². The summed E-state index contributed by atoms with van der Waals surface area (Å²) in [5, 5.41) is 1.07. The van der Waals surface area contributed by atoms with Crippen molar-refractivity contribution in [2.75, 3.05) is 0 Å². The van der Waals surface area contributed by atoms with Crippen LogP contribution in [0.5, 0.6) is 0 Å². The highest BCUT2D eigenvalue weighted by atomic mass is 14.9. The van der Waals surface area contributed by atoms with Gasteiger partial charge in [-0.05, 0) is 91.5 Å². The molecule has 0 radical (unpaired) electrons. The molecule has 260 valence electrons. The van der Waals surface area contributed by atoms with Crippen LogP contribution in [0.2, 0.25) is 0 Å². The summed E-state index contributed by atoms with van der Waals surface area (Å²) in [6.45, 7) is 4.64. The molecule has 8 aromatic carbocycles. The zero-order chi connectivity index (χ0) is 36.9. The average molecular weight is 703 g/mol. The Hall–Kier alpha value is -6.90. The van der Waals surface area contributed by atoms with Crippen molar-refractivity contribution in [3.05, 3.63) is 205 Å². The van der Waals surface area contributed by atoms with E-state index in [9.17, 15) is 0 Å². The first-order chi connectivity index (χ1) is 27.0. The van der Waals surface area contributed by atoms with Crippen molar-refractivity contribution in [1.82, 2.24) is 9.97 Å². The maximum absolute atomic E-state index is 5.43. The Morgan fingerprint density at radius 3 is 1.42 bits per heavy atom. The summed E-state index contributed by atoms with van der Waals surface area (Å²) >= 11 is 0. The first-order valence-electron chi connectivity index (χ1n) is 19.0. The van der Waals surface area contributed by atoms with Gasteiger partial charge in [-0.2, -0.15) is 0 Å². The Labute approximate surface area is 322 Å². The van der Waals surface area contributed by atoms with Crippen LogP contribution < -0.4 is 0 Å². The minimum Gasteiger partial charge on any atom is -0.227 e. The van der Waals surface area contributed by atoms with Gasteiger partial charge in [-0.25, -0.2) is 9.97 Å². The standard InChI is InChI=1S/C53H38N2/c1-53(2)47-27-13-12-26-45(47)49-48(53)29-28-46-50(37-20-10-5-11-21-37)54-52(55-51(46)49)41-25-15-23-39(31-41)38-22-14-24-40(30-38)44-33-42(35-16-6-3-7-17-35)32-43(34-44)36-18-8-4-9-19-36/h3-34H,1-2H3. The third-order valence-corrected chi connectivity index (χ3v) is 11.3. The summed E-state index contributed by atoms with van der Waals surface area (Å²) in [5.74, 6) is 0.725. The van der Waals surface area contributed by atoms with E-state index < -0.39 is 0 Å². The Morgan fingerprint density at radius 2 is 0.800 bits per heavy atom. The van der Waals surface area contributed by atoms with Gasteiger partial charge in [0.1, 0.15) is 0 Å². The molecule has 1 aromatic heterocycles. The fourth-order valence-corrected chi connectivity index (χ4v) is 8.43.